The number of nitro groups is 1. The van der Waals surface area contributed by atoms with Gasteiger partial charge in [0.1, 0.15) is 6.04 Å². The molecule has 3 aromatic carbocycles. The first kappa shape index (κ1) is 24.3. The lowest BCUT2D eigenvalue weighted by molar-refractivity contribution is -0.384. The molecule has 10 nitrogen and oxygen atoms in total. The number of ether oxygens (including phenoxy) is 1. The van der Waals surface area contributed by atoms with Crippen LogP contribution in [0.2, 0.25) is 0 Å². The minimum Gasteiger partial charge on any atom is -0.462 e. The summed E-state index contributed by atoms with van der Waals surface area (Å²) in [5.74, 6) is -2.34. The zero-order valence-corrected chi connectivity index (χ0v) is 19.2. The normalized spacial score (nSPS) is 13.2. The lowest BCUT2D eigenvalue weighted by Crippen LogP contribution is -2.48. The Kier molecular flexibility index (Phi) is 6.86. The van der Waals surface area contributed by atoms with Crippen LogP contribution in [0.25, 0.3) is 0 Å². The molecule has 10 heteroatoms. The highest BCUT2D eigenvalue weighted by atomic mass is 16.6. The van der Waals surface area contributed by atoms with Crippen molar-refractivity contribution in [2.75, 3.05) is 11.9 Å². The SMILES string of the molecule is CCOC(=O)c1ccc(NC(=O)C(Cc2ccc([N+](=O)[O-])cc2)N2C(=O)c3ccccc3C2=O)cc1. The molecular weight excluding hydrogens is 466 g/mol. The molecular formula is C26H21N3O7. The van der Waals surface area contributed by atoms with Gasteiger partial charge in [0.15, 0.2) is 0 Å². The molecule has 0 bridgehead atoms. The van der Waals surface area contributed by atoms with E-state index in [9.17, 15) is 29.3 Å². The molecule has 0 fully saturated rings. The maximum absolute atomic E-state index is 13.4. The van der Waals surface area contributed by atoms with Gasteiger partial charge in [-0.25, -0.2) is 4.79 Å². The molecule has 1 N–H and O–H groups in total. The summed E-state index contributed by atoms with van der Waals surface area (Å²) in [6.45, 7) is 1.92. The summed E-state index contributed by atoms with van der Waals surface area (Å²) in [6, 6.07) is 16.6. The molecule has 3 aromatic rings. The molecule has 1 aliphatic rings. The fraction of sp³-hybridized carbons (Fsp3) is 0.154. The van der Waals surface area contributed by atoms with Gasteiger partial charge in [0, 0.05) is 24.2 Å². The smallest absolute Gasteiger partial charge is 0.338 e. The summed E-state index contributed by atoms with van der Waals surface area (Å²) < 4.78 is 4.95. The van der Waals surface area contributed by atoms with Crippen molar-refractivity contribution in [3.8, 4) is 0 Å². The first-order chi connectivity index (χ1) is 17.3. The second-order valence-electron chi connectivity index (χ2n) is 7.96. The van der Waals surface area contributed by atoms with Crippen LogP contribution in [0.15, 0.2) is 72.8 Å². The van der Waals surface area contributed by atoms with Gasteiger partial charge in [0.05, 0.1) is 28.2 Å². The van der Waals surface area contributed by atoms with E-state index in [1.54, 1.807) is 19.1 Å². The standard InChI is InChI=1S/C26H21N3O7/c1-2-36-26(33)17-9-11-18(12-10-17)27-23(30)22(15-16-7-13-19(14-8-16)29(34)35)28-24(31)20-5-3-4-6-21(20)25(28)32/h3-14,22H,2,15H2,1H3,(H,27,30). The van der Waals surface area contributed by atoms with Gasteiger partial charge in [-0.2, -0.15) is 0 Å². The van der Waals surface area contributed by atoms with Gasteiger partial charge in [-0.05, 0) is 48.9 Å². The number of carbonyl (C=O) groups excluding carboxylic acids is 4. The van der Waals surface area contributed by atoms with Crippen molar-refractivity contribution in [2.24, 2.45) is 0 Å². The highest BCUT2D eigenvalue weighted by Crippen LogP contribution is 2.27. The van der Waals surface area contributed by atoms with E-state index in [2.05, 4.69) is 5.32 Å². The number of fused-ring (bicyclic) bond motifs is 1. The fourth-order valence-corrected chi connectivity index (χ4v) is 3.90. The number of non-ortho nitro benzene ring substituents is 1. The van der Waals surface area contributed by atoms with Crippen molar-refractivity contribution in [3.05, 3.63) is 105 Å². The Labute approximate surface area is 205 Å². The first-order valence-electron chi connectivity index (χ1n) is 11.1. The summed E-state index contributed by atoms with van der Waals surface area (Å²) in [5.41, 5.74) is 1.44. The van der Waals surface area contributed by atoms with E-state index < -0.39 is 34.7 Å². The maximum Gasteiger partial charge on any atom is 0.338 e. The predicted octanol–water partition coefficient (Wildman–Crippen LogP) is 3.62. The Morgan fingerprint density at radius 1 is 0.944 bits per heavy atom. The summed E-state index contributed by atoms with van der Waals surface area (Å²) in [6.07, 6.45) is -0.0593. The minimum atomic E-state index is -1.23. The number of hydrogen-bond acceptors (Lipinski definition) is 7. The highest BCUT2D eigenvalue weighted by Gasteiger charge is 2.42. The quantitative estimate of drug-likeness (QED) is 0.222. The molecule has 3 amide bonds. The van der Waals surface area contributed by atoms with Crippen molar-refractivity contribution in [2.45, 2.75) is 19.4 Å². The highest BCUT2D eigenvalue weighted by molar-refractivity contribution is 6.23. The molecule has 36 heavy (non-hydrogen) atoms. The summed E-state index contributed by atoms with van der Waals surface area (Å²) >= 11 is 0. The first-order valence-corrected chi connectivity index (χ1v) is 11.1. The molecule has 0 spiro atoms. The van der Waals surface area contributed by atoms with Crippen molar-refractivity contribution < 1.29 is 28.8 Å². The summed E-state index contributed by atoms with van der Waals surface area (Å²) in [4.78, 5) is 62.8. The van der Waals surface area contributed by atoms with Crippen molar-refractivity contribution in [1.29, 1.82) is 0 Å². The van der Waals surface area contributed by atoms with E-state index in [1.807, 2.05) is 0 Å². The van der Waals surface area contributed by atoms with Gasteiger partial charge < -0.3 is 10.1 Å². The van der Waals surface area contributed by atoms with E-state index in [0.717, 1.165) is 4.90 Å². The molecule has 182 valence electrons. The number of benzene rings is 3. The zero-order valence-electron chi connectivity index (χ0n) is 19.2. The second-order valence-corrected chi connectivity index (χ2v) is 7.96. The number of anilines is 1. The zero-order chi connectivity index (χ0) is 25.8. The largest absolute Gasteiger partial charge is 0.462 e. The summed E-state index contributed by atoms with van der Waals surface area (Å²) in [7, 11) is 0. The summed E-state index contributed by atoms with van der Waals surface area (Å²) in [5, 5.41) is 13.7. The van der Waals surface area contributed by atoms with Crippen LogP contribution in [0.3, 0.4) is 0 Å². The Morgan fingerprint density at radius 2 is 1.53 bits per heavy atom. The molecule has 1 heterocycles. The number of carbonyl (C=O) groups is 4. The van der Waals surface area contributed by atoms with Crippen LogP contribution in [-0.4, -0.2) is 46.2 Å². The molecule has 1 unspecified atom stereocenters. The van der Waals surface area contributed by atoms with Crippen LogP contribution in [-0.2, 0) is 16.0 Å². The number of rotatable bonds is 8. The Hall–Kier alpha value is -4.86. The number of nitrogens with zero attached hydrogens (tertiary/aromatic N) is 2. The monoisotopic (exact) mass is 487 g/mol. The van der Waals surface area contributed by atoms with E-state index in [1.165, 1.54) is 60.7 Å². The van der Waals surface area contributed by atoms with Gasteiger partial charge >= 0.3 is 5.97 Å². The van der Waals surface area contributed by atoms with E-state index in [-0.39, 0.29) is 29.8 Å². The maximum atomic E-state index is 13.4. The van der Waals surface area contributed by atoms with Gasteiger partial charge in [-0.1, -0.05) is 24.3 Å². The third-order valence-corrected chi connectivity index (χ3v) is 5.68. The van der Waals surface area contributed by atoms with Crippen LogP contribution >= 0.6 is 0 Å². The second kappa shape index (κ2) is 10.2. The molecule has 4 rings (SSSR count). The fourth-order valence-electron chi connectivity index (χ4n) is 3.90. The minimum absolute atomic E-state index is 0.0593. The predicted molar refractivity (Wildman–Crippen MR) is 129 cm³/mol. The van der Waals surface area contributed by atoms with Gasteiger partial charge in [0.2, 0.25) is 5.91 Å². The molecule has 0 saturated carbocycles. The van der Waals surface area contributed by atoms with Crippen LogP contribution in [0.4, 0.5) is 11.4 Å². The molecule has 0 saturated heterocycles. The Bertz CT molecular complexity index is 1320. The Balaban J connectivity index is 1.62. The number of esters is 1. The third kappa shape index (κ3) is 4.83. The van der Waals surface area contributed by atoms with Gasteiger partial charge in [0.25, 0.3) is 17.5 Å². The van der Waals surface area contributed by atoms with E-state index >= 15 is 0 Å². The van der Waals surface area contributed by atoms with Crippen LogP contribution in [0.5, 0.6) is 0 Å². The average Bonchev–Trinajstić information content (AvgIpc) is 3.13. The van der Waals surface area contributed by atoms with Crippen LogP contribution < -0.4 is 5.32 Å². The molecule has 0 aromatic heterocycles. The van der Waals surface area contributed by atoms with Crippen molar-refractivity contribution >= 4 is 35.1 Å². The molecule has 0 radical (unpaired) electrons. The molecule has 1 atom stereocenters. The topological polar surface area (TPSA) is 136 Å². The number of amides is 3. The van der Waals surface area contributed by atoms with Crippen LogP contribution in [0, 0.1) is 10.1 Å². The van der Waals surface area contributed by atoms with E-state index in [0.29, 0.717) is 16.8 Å². The number of nitro benzene ring substituents is 1. The van der Waals surface area contributed by atoms with Crippen molar-refractivity contribution in [1.82, 2.24) is 4.90 Å². The third-order valence-electron chi connectivity index (χ3n) is 5.68. The number of nitrogens with one attached hydrogen (secondary N) is 1. The molecule has 0 aliphatic carbocycles. The van der Waals surface area contributed by atoms with E-state index in [4.69, 9.17) is 4.74 Å². The Morgan fingerprint density at radius 3 is 2.06 bits per heavy atom. The van der Waals surface area contributed by atoms with Crippen molar-refractivity contribution in [3.63, 3.8) is 0 Å². The number of imide groups is 1. The van der Waals surface area contributed by atoms with Gasteiger partial charge in [-0.3, -0.25) is 29.4 Å². The number of hydrogen-bond donors (Lipinski definition) is 1. The lowest BCUT2D eigenvalue weighted by Gasteiger charge is -2.25. The van der Waals surface area contributed by atoms with Crippen LogP contribution in [0.1, 0.15) is 43.6 Å². The molecule has 1 aliphatic heterocycles. The average molecular weight is 487 g/mol. The lowest BCUT2D eigenvalue weighted by atomic mass is 10.0. The van der Waals surface area contributed by atoms with Gasteiger partial charge in [-0.15, -0.1) is 0 Å².